The van der Waals surface area contributed by atoms with Crippen LogP contribution in [0, 0.1) is 0 Å². The number of hydrogen-bond donors (Lipinski definition) is 3. The van der Waals surface area contributed by atoms with E-state index in [1.165, 1.54) is 0 Å². The van der Waals surface area contributed by atoms with Crippen molar-refractivity contribution in [1.82, 2.24) is 15.7 Å². The third kappa shape index (κ3) is 1.51. The number of halogens is 1. The average Bonchev–Trinajstić information content (AvgIpc) is 2.18. The third-order valence-corrected chi connectivity index (χ3v) is 1.60. The van der Waals surface area contributed by atoms with Crippen LogP contribution in [0.1, 0.15) is 5.69 Å². The second kappa shape index (κ2) is 2.95. The van der Waals surface area contributed by atoms with Crippen molar-refractivity contribution in [2.24, 2.45) is 0 Å². The fraction of sp³-hybridized carbons (Fsp3) is 0.250. The van der Waals surface area contributed by atoms with E-state index < -0.39 is 0 Å². The molecule has 50 valence electrons. The van der Waals surface area contributed by atoms with Gasteiger partial charge in [-0.3, -0.25) is 5.10 Å². The van der Waals surface area contributed by atoms with E-state index in [0.717, 1.165) is 10.2 Å². The molecule has 0 saturated heterocycles. The van der Waals surface area contributed by atoms with Gasteiger partial charge in [0.1, 0.15) is 0 Å². The number of aromatic amines is 1. The zero-order valence-corrected chi connectivity index (χ0v) is 6.14. The molecule has 1 heterocycles. The van der Waals surface area contributed by atoms with Gasteiger partial charge in [0, 0.05) is 0 Å². The van der Waals surface area contributed by atoms with E-state index in [1.54, 1.807) is 6.20 Å². The molecule has 0 saturated carbocycles. The van der Waals surface area contributed by atoms with Crippen molar-refractivity contribution in [3.8, 4) is 0 Å². The molecule has 5 heteroatoms. The maximum absolute atomic E-state index is 8.24. The first kappa shape index (κ1) is 6.73. The highest BCUT2D eigenvalue weighted by atomic mass is 79.9. The van der Waals surface area contributed by atoms with E-state index in [4.69, 9.17) is 5.21 Å². The van der Waals surface area contributed by atoms with Gasteiger partial charge < -0.3 is 5.21 Å². The third-order valence-electron chi connectivity index (χ3n) is 0.922. The van der Waals surface area contributed by atoms with Crippen LogP contribution in [-0.2, 0) is 6.54 Å². The Morgan fingerprint density at radius 2 is 2.67 bits per heavy atom. The van der Waals surface area contributed by atoms with Crippen LogP contribution >= 0.6 is 15.9 Å². The monoisotopic (exact) mass is 191 g/mol. The quantitative estimate of drug-likeness (QED) is 0.603. The van der Waals surface area contributed by atoms with Gasteiger partial charge in [0.25, 0.3) is 0 Å². The van der Waals surface area contributed by atoms with Crippen molar-refractivity contribution >= 4 is 15.9 Å². The SMILES string of the molecule is ONCc1[nH]ncc1Br. The van der Waals surface area contributed by atoms with E-state index >= 15 is 0 Å². The Bertz CT molecular complexity index is 188. The van der Waals surface area contributed by atoms with Gasteiger partial charge in [-0.15, -0.1) is 0 Å². The first-order valence-corrected chi connectivity index (χ1v) is 3.18. The van der Waals surface area contributed by atoms with Gasteiger partial charge in [-0.1, -0.05) is 0 Å². The number of rotatable bonds is 2. The molecule has 1 rings (SSSR count). The van der Waals surface area contributed by atoms with Crippen LogP contribution in [-0.4, -0.2) is 15.4 Å². The highest BCUT2D eigenvalue weighted by molar-refractivity contribution is 9.10. The van der Waals surface area contributed by atoms with Gasteiger partial charge in [0.05, 0.1) is 22.9 Å². The van der Waals surface area contributed by atoms with Crippen molar-refractivity contribution < 1.29 is 5.21 Å². The number of aromatic nitrogens is 2. The van der Waals surface area contributed by atoms with Crippen molar-refractivity contribution in [3.63, 3.8) is 0 Å². The second-order valence-corrected chi connectivity index (χ2v) is 2.39. The van der Waals surface area contributed by atoms with E-state index in [1.807, 2.05) is 5.48 Å². The number of hydrogen-bond acceptors (Lipinski definition) is 3. The van der Waals surface area contributed by atoms with E-state index in [0.29, 0.717) is 6.54 Å². The largest absolute Gasteiger partial charge is 0.316 e. The van der Waals surface area contributed by atoms with E-state index in [9.17, 15) is 0 Å². The predicted octanol–water partition coefficient (Wildman–Crippen LogP) is 0.651. The molecule has 0 bridgehead atoms. The van der Waals surface area contributed by atoms with Gasteiger partial charge in [-0.05, 0) is 15.9 Å². The molecule has 0 aromatic carbocycles. The molecule has 9 heavy (non-hydrogen) atoms. The van der Waals surface area contributed by atoms with Crippen LogP contribution in [0.25, 0.3) is 0 Å². The van der Waals surface area contributed by atoms with Crippen molar-refractivity contribution in [2.45, 2.75) is 6.54 Å². The molecule has 1 aromatic heterocycles. The van der Waals surface area contributed by atoms with Crippen LogP contribution in [0.5, 0.6) is 0 Å². The predicted molar refractivity (Wildman–Crippen MR) is 34.9 cm³/mol. The number of nitrogens with zero attached hydrogens (tertiary/aromatic N) is 1. The molecule has 0 radical (unpaired) electrons. The number of H-pyrrole nitrogens is 1. The maximum atomic E-state index is 8.24. The fourth-order valence-corrected chi connectivity index (χ4v) is 0.832. The van der Waals surface area contributed by atoms with Gasteiger partial charge in [-0.2, -0.15) is 10.6 Å². The Morgan fingerprint density at radius 3 is 3.11 bits per heavy atom. The summed E-state index contributed by atoms with van der Waals surface area (Å²) in [5.41, 5.74) is 2.84. The number of nitrogens with one attached hydrogen (secondary N) is 2. The lowest BCUT2D eigenvalue weighted by Crippen LogP contribution is -2.06. The van der Waals surface area contributed by atoms with Crippen LogP contribution in [0.15, 0.2) is 10.7 Å². The molecule has 0 aliphatic carbocycles. The summed E-state index contributed by atoms with van der Waals surface area (Å²) in [5.74, 6) is 0. The van der Waals surface area contributed by atoms with Gasteiger partial charge >= 0.3 is 0 Å². The Morgan fingerprint density at radius 1 is 1.89 bits per heavy atom. The Hall–Kier alpha value is -0.390. The standard InChI is InChI=1S/C4H6BrN3O/c5-3-1-6-8-4(3)2-7-9/h1,7,9H,2H2,(H,6,8). The molecule has 3 N–H and O–H groups in total. The summed E-state index contributed by atoms with van der Waals surface area (Å²) in [7, 11) is 0. The summed E-state index contributed by atoms with van der Waals surface area (Å²) < 4.78 is 0.865. The minimum atomic E-state index is 0.376. The second-order valence-electron chi connectivity index (χ2n) is 1.53. The summed E-state index contributed by atoms with van der Waals surface area (Å²) in [6.45, 7) is 0.376. The molecule has 1 aromatic rings. The summed E-state index contributed by atoms with van der Waals surface area (Å²) >= 11 is 3.22. The highest BCUT2D eigenvalue weighted by Crippen LogP contribution is 2.11. The van der Waals surface area contributed by atoms with E-state index in [-0.39, 0.29) is 0 Å². The van der Waals surface area contributed by atoms with Crippen molar-refractivity contribution in [1.29, 1.82) is 0 Å². The van der Waals surface area contributed by atoms with Crippen molar-refractivity contribution in [2.75, 3.05) is 0 Å². The van der Waals surface area contributed by atoms with E-state index in [2.05, 4.69) is 26.1 Å². The molecule has 0 aliphatic heterocycles. The molecule has 0 aliphatic rings. The molecule has 0 unspecified atom stereocenters. The zero-order chi connectivity index (χ0) is 6.69. The fourth-order valence-electron chi connectivity index (χ4n) is 0.501. The first-order valence-electron chi connectivity index (χ1n) is 2.39. The topological polar surface area (TPSA) is 60.9 Å². The molecular weight excluding hydrogens is 186 g/mol. The van der Waals surface area contributed by atoms with Crippen LogP contribution < -0.4 is 5.48 Å². The summed E-state index contributed by atoms with van der Waals surface area (Å²) in [4.78, 5) is 0. The Kier molecular flexibility index (Phi) is 2.21. The number of hydroxylamine groups is 1. The highest BCUT2D eigenvalue weighted by Gasteiger charge is 1.97. The first-order chi connectivity index (χ1) is 4.34. The lowest BCUT2D eigenvalue weighted by atomic mass is 10.4. The van der Waals surface area contributed by atoms with Crippen molar-refractivity contribution in [3.05, 3.63) is 16.4 Å². The smallest absolute Gasteiger partial charge is 0.0655 e. The van der Waals surface area contributed by atoms with Crippen LogP contribution in [0.2, 0.25) is 0 Å². The molecule has 0 fully saturated rings. The summed E-state index contributed by atoms with van der Waals surface area (Å²) in [5, 5.41) is 14.6. The van der Waals surface area contributed by atoms with Crippen LogP contribution in [0.4, 0.5) is 0 Å². The summed E-state index contributed by atoms with van der Waals surface area (Å²) in [6.07, 6.45) is 1.63. The minimum Gasteiger partial charge on any atom is -0.316 e. The Balaban J connectivity index is 2.69. The summed E-state index contributed by atoms with van der Waals surface area (Å²) in [6, 6.07) is 0. The minimum absolute atomic E-state index is 0.376. The lowest BCUT2D eigenvalue weighted by Gasteiger charge is -1.91. The molecule has 0 spiro atoms. The lowest BCUT2D eigenvalue weighted by molar-refractivity contribution is 0.160. The normalized spacial score (nSPS) is 10.0. The maximum Gasteiger partial charge on any atom is 0.0655 e. The average molecular weight is 192 g/mol. The molecule has 0 atom stereocenters. The molecule has 4 nitrogen and oxygen atoms in total. The van der Waals surface area contributed by atoms with Gasteiger partial charge in [0.2, 0.25) is 0 Å². The molecular formula is C4H6BrN3O. The van der Waals surface area contributed by atoms with Gasteiger partial charge in [0.15, 0.2) is 0 Å². The zero-order valence-electron chi connectivity index (χ0n) is 4.56. The van der Waals surface area contributed by atoms with Crippen LogP contribution in [0.3, 0.4) is 0 Å². The van der Waals surface area contributed by atoms with Gasteiger partial charge in [-0.25, -0.2) is 0 Å². The molecule has 0 amide bonds. The Labute approximate surface area is 60.4 Å².